The van der Waals surface area contributed by atoms with E-state index in [-0.39, 0.29) is 5.91 Å². The summed E-state index contributed by atoms with van der Waals surface area (Å²) in [5, 5.41) is 2.04. The van der Waals surface area contributed by atoms with Gasteiger partial charge in [-0.15, -0.1) is 0 Å². The fourth-order valence-corrected chi connectivity index (χ4v) is 3.15. The molecule has 5 nitrogen and oxygen atoms in total. The molecule has 29 heavy (non-hydrogen) atoms. The Labute approximate surface area is 170 Å². The predicted molar refractivity (Wildman–Crippen MR) is 114 cm³/mol. The summed E-state index contributed by atoms with van der Waals surface area (Å²) in [4.78, 5) is 26.7. The summed E-state index contributed by atoms with van der Waals surface area (Å²) < 4.78 is 10.7. The maximum Gasteiger partial charge on any atom is 0.313 e. The van der Waals surface area contributed by atoms with Crippen LogP contribution in [0.1, 0.15) is 25.3 Å². The van der Waals surface area contributed by atoms with Gasteiger partial charge >= 0.3 is 5.97 Å². The molecule has 0 unspecified atom stereocenters. The molecule has 2 atom stereocenters. The van der Waals surface area contributed by atoms with E-state index in [1.165, 1.54) is 4.90 Å². The van der Waals surface area contributed by atoms with E-state index in [1.54, 1.807) is 28.0 Å². The van der Waals surface area contributed by atoms with Crippen molar-refractivity contribution in [2.24, 2.45) is 0 Å². The first kappa shape index (κ1) is 20.4. The summed E-state index contributed by atoms with van der Waals surface area (Å²) >= 11 is 0. The first-order valence-corrected chi connectivity index (χ1v) is 9.51. The number of ether oxygens (including phenoxy) is 2. The fourth-order valence-electron chi connectivity index (χ4n) is 3.15. The lowest BCUT2D eigenvalue weighted by atomic mass is 9.98. The van der Waals surface area contributed by atoms with Crippen molar-refractivity contribution in [3.8, 4) is 5.75 Å². The third-order valence-electron chi connectivity index (χ3n) is 5.04. The van der Waals surface area contributed by atoms with Crippen LogP contribution < -0.4 is 9.64 Å². The average Bonchev–Trinajstić information content (AvgIpc) is 2.77. The van der Waals surface area contributed by atoms with Crippen molar-refractivity contribution < 1.29 is 19.1 Å². The quantitative estimate of drug-likeness (QED) is 0.579. The number of carbonyl (C=O) groups excluding carboxylic acids is 2. The first-order chi connectivity index (χ1) is 13.9. The molecule has 3 aromatic rings. The first-order valence-electron chi connectivity index (χ1n) is 9.51. The van der Waals surface area contributed by atoms with Gasteiger partial charge in [-0.3, -0.25) is 9.59 Å². The van der Waals surface area contributed by atoms with Crippen molar-refractivity contribution in [1.29, 1.82) is 0 Å². The fraction of sp³-hybridized carbons (Fsp3) is 0.250. The topological polar surface area (TPSA) is 55.8 Å². The molecule has 0 saturated carbocycles. The molecule has 0 spiro atoms. The lowest BCUT2D eigenvalue weighted by Crippen LogP contribution is -2.38. The third-order valence-corrected chi connectivity index (χ3v) is 5.04. The maximum atomic E-state index is 12.6. The Balaban J connectivity index is 1.69. The number of esters is 1. The van der Waals surface area contributed by atoms with Gasteiger partial charge < -0.3 is 14.4 Å². The van der Waals surface area contributed by atoms with Gasteiger partial charge in [-0.1, -0.05) is 42.5 Å². The number of anilines is 1. The molecule has 3 aromatic carbocycles. The molecule has 150 valence electrons. The van der Waals surface area contributed by atoms with Crippen LogP contribution in [-0.4, -0.2) is 32.1 Å². The van der Waals surface area contributed by atoms with Crippen molar-refractivity contribution >= 4 is 28.3 Å². The monoisotopic (exact) mass is 391 g/mol. The zero-order valence-electron chi connectivity index (χ0n) is 17.1. The Bertz CT molecular complexity index is 1020. The number of hydrogen-bond donors (Lipinski definition) is 0. The van der Waals surface area contributed by atoms with Gasteiger partial charge in [0, 0.05) is 12.7 Å². The second-order valence-electron chi connectivity index (χ2n) is 7.01. The molecule has 0 heterocycles. The molecule has 0 radical (unpaired) electrons. The van der Waals surface area contributed by atoms with Gasteiger partial charge in [0.2, 0.25) is 0 Å². The van der Waals surface area contributed by atoms with Crippen LogP contribution in [0.2, 0.25) is 0 Å². The van der Waals surface area contributed by atoms with Crippen molar-refractivity contribution in [3.05, 3.63) is 72.3 Å². The van der Waals surface area contributed by atoms with Gasteiger partial charge in [-0.2, -0.15) is 0 Å². The van der Waals surface area contributed by atoms with Gasteiger partial charge in [-0.25, -0.2) is 0 Å². The molecule has 5 heteroatoms. The third kappa shape index (κ3) is 4.57. The molecule has 0 aliphatic heterocycles. The van der Waals surface area contributed by atoms with E-state index >= 15 is 0 Å². The average molecular weight is 391 g/mol. The lowest BCUT2D eigenvalue weighted by Gasteiger charge is -2.22. The Kier molecular flexibility index (Phi) is 6.17. The smallest absolute Gasteiger partial charge is 0.313 e. The number of rotatable bonds is 6. The molecule has 0 fully saturated rings. The van der Waals surface area contributed by atoms with Crippen molar-refractivity contribution in [2.75, 3.05) is 19.1 Å². The molecule has 0 aromatic heterocycles. The minimum atomic E-state index is -0.875. The number of benzene rings is 3. The van der Waals surface area contributed by atoms with Crippen molar-refractivity contribution in [3.63, 3.8) is 0 Å². The van der Waals surface area contributed by atoms with Gasteiger partial charge in [-0.05, 0) is 54.4 Å². The van der Waals surface area contributed by atoms with Gasteiger partial charge in [0.1, 0.15) is 5.75 Å². The zero-order valence-corrected chi connectivity index (χ0v) is 17.1. The number of para-hydroxylation sites is 1. The van der Waals surface area contributed by atoms with Gasteiger partial charge in [0.25, 0.3) is 5.91 Å². The molecule has 1 amide bonds. The number of methoxy groups -OCH3 is 1. The predicted octanol–water partition coefficient (Wildman–Crippen LogP) is 4.55. The Morgan fingerprint density at radius 2 is 1.55 bits per heavy atom. The van der Waals surface area contributed by atoms with Crippen LogP contribution in [0.4, 0.5) is 5.69 Å². The van der Waals surface area contributed by atoms with E-state index in [0.717, 1.165) is 27.8 Å². The van der Waals surface area contributed by atoms with Crippen molar-refractivity contribution in [1.82, 2.24) is 0 Å². The van der Waals surface area contributed by atoms with Crippen LogP contribution in [-0.2, 0) is 14.3 Å². The number of fused-ring (bicyclic) bond motifs is 1. The standard InChI is InChI=1S/C24H25NO4/c1-16(18-10-11-20-15-22(28-4)13-12-19(20)14-18)24(27)29-17(2)23(26)25(3)21-8-6-5-7-9-21/h5-17H,1-4H3/t16-,17-/m0/s1. The van der Waals surface area contributed by atoms with E-state index in [1.807, 2.05) is 66.7 Å². The van der Waals surface area contributed by atoms with E-state index in [9.17, 15) is 9.59 Å². The molecular weight excluding hydrogens is 366 g/mol. The van der Waals surface area contributed by atoms with Gasteiger partial charge in [0.15, 0.2) is 6.10 Å². The van der Waals surface area contributed by atoms with Crippen LogP contribution in [0, 0.1) is 0 Å². The highest BCUT2D eigenvalue weighted by atomic mass is 16.5. The molecule has 0 bridgehead atoms. The molecular formula is C24H25NO4. The SMILES string of the molecule is COc1ccc2cc([C@H](C)C(=O)O[C@@H](C)C(=O)N(C)c3ccccc3)ccc2c1. The highest BCUT2D eigenvalue weighted by Crippen LogP contribution is 2.26. The van der Waals surface area contributed by atoms with Crippen molar-refractivity contribution in [2.45, 2.75) is 25.9 Å². The number of amides is 1. The maximum absolute atomic E-state index is 12.6. The summed E-state index contributed by atoms with van der Waals surface area (Å²) in [6, 6.07) is 20.9. The molecule has 3 rings (SSSR count). The molecule has 0 N–H and O–H groups in total. The van der Waals surface area contributed by atoms with Crippen LogP contribution in [0.15, 0.2) is 66.7 Å². The number of hydrogen-bond acceptors (Lipinski definition) is 4. The van der Waals surface area contributed by atoms with Crippen LogP contribution in [0.25, 0.3) is 10.8 Å². The minimum absolute atomic E-state index is 0.276. The van der Waals surface area contributed by atoms with Crippen LogP contribution in [0.3, 0.4) is 0 Å². The Hall–Kier alpha value is -3.34. The van der Waals surface area contributed by atoms with E-state index < -0.39 is 18.0 Å². The minimum Gasteiger partial charge on any atom is -0.497 e. The summed E-state index contributed by atoms with van der Waals surface area (Å²) in [7, 11) is 3.30. The zero-order chi connectivity index (χ0) is 21.0. The number of carbonyl (C=O) groups is 2. The normalized spacial score (nSPS) is 12.8. The second kappa shape index (κ2) is 8.78. The summed E-state index contributed by atoms with van der Waals surface area (Å²) in [5.74, 6) is -0.408. The molecule has 0 aliphatic rings. The Morgan fingerprint density at radius 3 is 2.24 bits per heavy atom. The summed E-state index contributed by atoms with van der Waals surface area (Å²) in [5.41, 5.74) is 1.59. The molecule has 0 aliphatic carbocycles. The lowest BCUT2D eigenvalue weighted by molar-refractivity contribution is -0.155. The second-order valence-corrected chi connectivity index (χ2v) is 7.01. The largest absolute Gasteiger partial charge is 0.497 e. The molecule has 0 saturated heterocycles. The summed E-state index contributed by atoms with van der Waals surface area (Å²) in [6.45, 7) is 3.38. The Morgan fingerprint density at radius 1 is 0.897 bits per heavy atom. The number of nitrogens with zero attached hydrogens (tertiary/aromatic N) is 1. The van der Waals surface area contributed by atoms with E-state index in [0.29, 0.717) is 0 Å². The van der Waals surface area contributed by atoms with Crippen LogP contribution >= 0.6 is 0 Å². The summed E-state index contributed by atoms with van der Waals surface area (Å²) in [6.07, 6.45) is -0.875. The van der Waals surface area contributed by atoms with Crippen LogP contribution in [0.5, 0.6) is 5.75 Å². The van der Waals surface area contributed by atoms with E-state index in [4.69, 9.17) is 9.47 Å². The van der Waals surface area contributed by atoms with Gasteiger partial charge in [0.05, 0.1) is 13.0 Å². The highest BCUT2D eigenvalue weighted by Gasteiger charge is 2.25. The number of likely N-dealkylation sites (N-methyl/N-ethyl adjacent to an activating group) is 1. The van der Waals surface area contributed by atoms with E-state index in [2.05, 4.69) is 0 Å². The highest BCUT2D eigenvalue weighted by molar-refractivity contribution is 5.97.